The summed E-state index contributed by atoms with van der Waals surface area (Å²) in [5, 5.41) is 0. The number of rotatable bonds is 2. The first kappa shape index (κ1) is 11.1. The minimum atomic E-state index is 0.316. The van der Waals surface area contributed by atoms with Gasteiger partial charge in [0.25, 0.3) is 0 Å². The third-order valence-corrected chi connectivity index (χ3v) is 10.00. The van der Waals surface area contributed by atoms with Crippen LogP contribution in [-0.2, 0) is 0 Å². The predicted molar refractivity (Wildman–Crippen MR) is 83.8 cm³/mol. The van der Waals surface area contributed by atoms with E-state index in [0.29, 0.717) is 8.55 Å². The van der Waals surface area contributed by atoms with Gasteiger partial charge in [0.2, 0.25) is 0 Å². The first-order valence-corrected chi connectivity index (χ1v) is 9.99. The van der Waals surface area contributed by atoms with Crippen LogP contribution in [0.2, 0.25) is 0 Å². The van der Waals surface area contributed by atoms with Crippen LogP contribution >= 0.6 is 41.9 Å². The third kappa shape index (κ3) is 2.04. The Balaban J connectivity index is 1.87. The molecule has 82 valence electrons. The third-order valence-electron chi connectivity index (χ3n) is 2.31. The van der Waals surface area contributed by atoms with Gasteiger partial charge in [-0.25, -0.2) is 0 Å². The highest BCUT2D eigenvalue weighted by Crippen LogP contribution is 2.62. The summed E-state index contributed by atoms with van der Waals surface area (Å²) in [6, 6.07) is 10.7. The molecule has 16 heavy (non-hydrogen) atoms. The SMILES string of the molecule is CSC1=CC2=S(S1)SC(c1ccccc1)=C2. The molecule has 2 aliphatic heterocycles. The molecule has 2 heterocycles. The predicted octanol–water partition coefficient (Wildman–Crippen LogP) is 5.00. The number of benzene rings is 1. The number of hydrogen-bond acceptors (Lipinski definition) is 3. The summed E-state index contributed by atoms with van der Waals surface area (Å²) >= 11 is 1.85. The van der Waals surface area contributed by atoms with Crippen molar-refractivity contribution in [3.63, 3.8) is 0 Å². The first-order valence-electron chi connectivity index (χ1n) is 4.87. The van der Waals surface area contributed by atoms with Crippen molar-refractivity contribution in [1.82, 2.24) is 0 Å². The topological polar surface area (TPSA) is 0 Å². The molecule has 2 aliphatic rings. The normalized spacial score (nSPS) is 23.1. The number of hydrogen-bond donors (Lipinski definition) is 0. The molecule has 0 N–H and O–H groups in total. The second-order valence-corrected chi connectivity index (χ2v) is 10.2. The summed E-state index contributed by atoms with van der Waals surface area (Å²) in [5.41, 5.74) is 1.35. The van der Waals surface area contributed by atoms with E-state index in [-0.39, 0.29) is 0 Å². The Morgan fingerprint density at radius 1 is 1.06 bits per heavy atom. The first-order chi connectivity index (χ1) is 7.86. The zero-order chi connectivity index (χ0) is 11.0. The standard InChI is InChI=1S/C12H10S4/c1-13-12-8-10-7-11(14-16(10)15-12)9-5-3-2-4-6-9/h2-8H,1H3. The largest absolute Gasteiger partial charge is 0.122 e. The van der Waals surface area contributed by atoms with Crippen molar-refractivity contribution in [2.75, 3.05) is 6.26 Å². The van der Waals surface area contributed by atoms with E-state index in [9.17, 15) is 0 Å². The fourth-order valence-corrected chi connectivity index (χ4v) is 9.83. The molecule has 0 radical (unpaired) electrons. The minimum Gasteiger partial charge on any atom is -0.122 e. The Morgan fingerprint density at radius 3 is 2.56 bits per heavy atom. The van der Waals surface area contributed by atoms with E-state index < -0.39 is 0 Å². The highest BCUT2D eigenvalue weighted by molar-refractivity contribution is 9.19. The summed E-state index contributed by atoms with van der Waals surface area (Å²) < 4.78 is 1.45. The van der Waals surface area contributed by atoms with Gasteiger partial charge in [-0.15, -0.1) is 11.8 Å². The molecule has 1 unspecified atom stereocenters. The molecule has 1 aromatic carbocycles. The van der Waals surface area contributed by atoms with E-state index in [0.717, 1.165) is 0 Å². The van der Waals surface area contributed by atoms with E-state index in [4.69, 9.17) is 0 Å². The Bertz CT molecular complexity index is 511. The summed E-state index contributed by atoms with van der Waals surface area (Å²) in [5.74, 6) is 0. The van der Waals surface area contributed by atoms with Crippen LogP contribution in [0.3, 0.4) is 0 Å². The lowest BCUT2D eigenvalue weighted by atomic mass is 10.2. The van der Waals surface area contributed by atoms with Gasteiger partial charge in [-0.2, -0.15) is 0 Å². The highest BCUT2D eigenvalue weighted by atomic mass is 33.5. The summed E-state index contributed by atoms with van der Waals surface area (Å²) in [7, 11) is 4.32. The summed E-state index contributed by atoms with van der Waals surface area (Å²) in [6.45, 7) is 0. The van der Waals surface area contributed by atoms with Crippen molar-refractivity contribution in [3.8, 4) is 0 Å². The Morgan fingerprint density at radius 2 is 1.88 bits per heavy atom. The van der Waals surface area contributed by atoms with Crippen molar-refractivity contribution in [1.29, 1.82) is 0 Å². The van der Waals surface area contributed by atoms with Crippen LogP contribution in [0.25, 0.3) is 4.91 Å². The van der Waals surface area contributed by atoms with Gasteiger partial charge in [-0.3, -0.25) is 0 Å². The Labute approximate surface area is 110 Å². The molecule has 4 heteroatoms. The van der Waals surface area contributed by atoms with E-state index in [2.05, 4.69) is 48.7 Å². The summed E-state index contributed by atoms with van der Waals surface area (Å²) in [6.07, 6.45) is 6.83. The molecular weight excluding hydrogens is 272 g/mol. The molecule has 0 saturated carbocycles. The lowest BCUT2D eigenvalue weighted by molar-refractivity contribution is 1.66. The molecule has 1 atom stereocenters. The molecule has 3 rings (SSSR count). The quantitative estimate of drug-likeness (QED) is 0.553. The fraction of sp³-hybridized carbons (Fsp3) is 0.0833. The van der Waals surface area contributed by atoms with Gasteiger partial charge >= 0.3 is 0 Å². The van der Waals surface area contributed by atoms with Crippen molar-refractivity contribution in [2.24, 2.45) is 0 Å². The van der Waals surface area contributed by atoms with Crippen LogP contribution in [-0.4, -0.2) is 11.1 Å². The zero-order valence-electron chi connectivity index (χ0n) is 8.67. The van der Waals surface area contributed by atoms with Crippen LogP contribution in [0.4, 0.5) is 0 Å². The second kappa shape index (κ2) is 4.69. The van der Waals surface area contributed by atoms with Gasteiger partial charge in [0, 0.05) is 9.77 Å². The number of thioether (sulfide) groups is 1. The average Bonchev–Trinajstić information content (AvgIpc) is 2.87. The van der Waals surface area contributed by atoms with Crippen molar-refractivity contribution in [2.45, 2.75) is 0 Å². The van der Waals surface area contributed by atoms with E-state index in [1.54, 1.807) is 0 Å². The van der Waals surface area contributed by atoms with Crippen LogP contribution in [0.1, 0.15) is 5.56 Å². The van der Waals surface area contributed by atoms with E-state index in [1.165, 1.54) is 19.6 Å². The fourth-order valence-electron chi connectivity index (χ4n) is 1.53. The maximum absolute atomic E-state index is 2.35. The molecule has 0 amide bonds. The molecule has 0 nitrogen and oxygen atoms in total. The molecule has 0 aromatic heterocycles. The van der Waals surface area contributed by atoms with Crippen molar-refractivity contribution in [3.05, 3.63) is 52.3 Å². The summed E-state index contributed by atoms with van der Waals surface area (Å²) in [4.78, 5) is 2.92. The molecule has 0 fully saturated rings. The molecule has 0 aliphatic carbocycles. The minimum absolute atomic E-state index is 0.316. The lowest BCUT2D eigenvalue weighted by Crippen LogP contribution is -1.80. The van der Waals surface area contributed by atoms with E-state index in [1.807, 2.05) is 33.3 Å². The zero-order valence-corrected chi connectivity index (χ0v) is 11.9. The average molecular weight is 282 g/mol. The molecule has 1 aromatic rings. The lowest BCUT2D eigenvalue weighted by Gasteiger charge is -2.04. The Kier molecular flexibility index (Phi) is 3.25. The van der Waals surface area contributed by atoms with Crippen LogP contribution in [0, 0.1) is 0 Å². The van der Waals surface area contributed by atoms with Crippen LogP contribution < -0.4 is 0 Å². The Hall–Kier alpha value is -0.0300. The highest BCUT2D eigenvalue weighted by Gasteiger charge is 2.22. The van der Waals surface area contributed by atoms with Crippen molar-refractivity contribution >= 4 is 51.7 Å². The molecular formula is C12H10S4. The van der Waals surface area contributed by atoms with Gasteiger partial charge in [-0.1, -0.05) is 49.7 Å². The van der Waals surface area contributed by atoms with Gasteiger partial charge in [0.05, 0.1) is 4.24 Å². The van der Waals surface area contributed by atoms with Gasteiger partial charge in [-0.05, 0) is 34.8 Å². The maximum atomic E-state index is 2.35. The smallest absolute Gasteiger partial charge is 0.0522 e. The maximum Gasteiger partial charge on any atom is 0.0522 e. The van der Waals surface area contributed by atoms with Gasteiger partial charge < -0.3 is 0 Å². The second-order valence-electron chi connectivity index (χ2n) is 3.35. The van der Waals surface area contributed by atoms with Crippen LogP contribution in [0.15, 0.2) is 46.7 Å². The number of allylic oxidation sites excluding steroid dienone is 2. The van der Waals surface area contributed by atoms with E-state index >= 15 is 0 Å². The van der Waals surface area contributed by atoms with Crippen LogP contribution in [0.5, 0.6) is 0 Å². The monoisotopic (exact) mass is 282 g/mol. The molecule has 0 saturated heterocycles. The van der Waals surface area contributed by atoms with Gasteiger partial charge in [0.1, 0.15) is 0 Å². The molecule has 0 bridgehead atoms. The molecule has 0 spiro atoms. The van der Waals surface area contributed by atoms with Gasteiger partial charge in [0.15, 0.2) is 0 Å². The van der Waals surface area contributed by atoms with Crippen molar-refractivity contribution < 1.29 is 0 Å².